The summed E-state index contributed by atoms with van der Waals surface area (Å²) >= 11 is 0. The number of carbonyl (C=O) groups excluding carboxylic acids is 2. The SMILES string of the molecule is COC(=O)CCC=C=CC[C@@H]1C(=O)C[C@H](O)[C@H]1/C=C\[C@@H](O)COc1ccccc1. The first-order valence-electron chi connectivity index (χ1n) is 9.72. The lowest BCUT2D eigenvalue weighted by Crippen LogP contribution is -2.20. The smallest absolute Gasteiger partial charge is 0.305 e. The highest BCUT2D eigenvalue weighted by atomic mass is 16.5. The molecule has 1 aromatic carbocycles. The van der Waals surface area contributed by atoms with Gasteiger partial charge in [-0.2, -0.15) is 0 Å². The predicted molar refractivity (Wildman–Crippen MR) is 108 cm³/mol. The van der Waals surface area contributed by atoms with Crippen LogP contribution in [-0.2, 0) is 14.3 Å². The first-order valence-corrected chi connectivity index (χ1v) is 9.72. The third-order valence-corrected chi connectivity index (χ3v) is 4.78. The average Bonchev–Trinajstić information content (AvgIpc) is 3.00. The van der Waals surface area contributed by atoms with Crippen LogP contribution in [-0.4, -0.2) is 47.9 Å². The summed E-state index contributed by atoms with van der Waals surface area (Å²) in [6.07, 6.45) is 6.48. The number of aliphatic hydroxyl groups is 2. The largest absolute Gasteiger partial charge is 0.491 e. The van der Waals surface area contributed by atoms with E-state index in [4.69, 9.17) is 4.74 Å². The zero-order chi connectivity index (χ0) is 21.1. The van der Waals surface area contributed by atoms with Crippen LogP contribution in [0.4, 0.5) is 0 Å². The maximum atomic E-state index is 12.2. The lowest BCUT2D eigenvalue weighted by atomic mass is 9.90. The van der Waals surface area contributed by atoms with Gasteiger partial charge >= 0.3 is 5.97 Å². The van der Waals surface area contributed by atoms with Gasteiger partial charge in [-0.25, -0.2) is 0 Å². The fourth-order valence-electron chi connectivity index (χ4n) is 3.19. The maximum Gasteiger partial charge on any atom is 0.305 e. The normalized spacial score (nSPS) is 22.2. The third-order valence-electron chi connectivity index (χ3n) is 4.78. The van der Waals surface area contributed by atoms with Gasteiger partial charge in [0, 0.05) is 24.7 Å². The van der Waals surface area contributed by atoms with E-state index in [1.807, 2.05) is 18.2 Å². The number of Topliss-reactive ketones (excluding diaryl/α,β-unsaturated/α-hetero) is 1. The summed E-state index contributed by atoms with van der Waals surface area (Å²) in [5.74, 6) is -0.336. The molecule has 1 aromatic rings. The maximum absolute atomic E-state index is 12.2. The number of benzene rings is 1. The van der Waals surface area contributed by atoms with Gasteiger partial charge in [-0.3, -0.25) is 9.59 Å². The van der Waals surface area contributed by atoms with E-state index < -0.39 is 12.2 Å². The first-order chi connectivity index (χ1) is 14.0. The second-order valence-corrected chi connectivity index (χ2v) is 6.92. The molecule has 0 amide bonds. The fourth-order valence-corrected chi connectivity index (χ4v) is 3.19. The van der Waals surface area contributed by atoms with E-state index in [9.17, 15) is 19.8 Å². The Hall–Kier alpha value is -2.66. The van der Waals surface area contributed by atoms with Crippen molar-refractivity contribution in [3.05, 3.63) is 60.4 Å². The summed E-state index contributed by atoms with van der Waals surface area (Å²) in [6, 6.07) is 9.18. The van der Waals surface area contributed by atoms with Crippen LogP contribution in [0, 0.1) is 11.8 Å². The van der Waals surface area contributed by atoms with Gasteiger partial charge in [0.2, 0.25) is 0 Å². The quantitative estimate of drug-likeness (QED) is 0.356. The molecule has 0 saturated heterocycles. The van der Waals surface area contributed by atoms with Crippen molar-refractivity contribution in [2.75, 3.05) is 13.7 Å². The lowest BCUT2D eigenvalue weighted by molar-refractivity contribution is -0.140. The zero-order valence-electron chi connectivity index (χ0n) is 16.6. The van der Waals surface area contributed by atoms with Gasteiger partial charge in [0.1, 0.15) is 24.2 Å². The molecule has 0 radical (unpaired) electrons. The van der Waals surface area contributed by atoms with Gasteiger partial charge in [-0.05, 0) is 37.1 Å². The molecule has 6 heteroatoms. The van der Waals surface area contributed by atoms with Crippen LogP contribution >= 0.6 is 0 Å². The summed E-state index contributed by atoms with van der Waals surface area (Å²) in [5, 5.41) is 20.3. The molecular formula is C23H28O6. The summed E-state index contributed by atoms with van der Waals surface area (Å²) in [4.78, 5) is 23.2. The monoisotopic (exact) mass is 400 g/mol. The molecule has 0 aromatic heterocycles. The van der Waals surface area contributed by atoms with Gasteiger partial charge in [0.05, 0.1) is 13.2 Å². The number of ketones is 1. The number of carbonyl (C=O) groups is 2. The van der Waals surface area contributed by atoms with E-state index >= 15 is 0 Å². The molecule has 0 aliphatic heterocycles. The molecule has 1 aliphatic rings. The lowest BCUT2D eigenvalue weighted by Gasteiger charge is -2.16. The van der Waals surface area contributed by atoms with Gasteiger partial charge in [-0.1, -0.05) is 30.4 Å². The molecule has 6 nitrogen and oxygen atoms in total. The van der Waals surface area contributed by atoms with Gasteiger partial charge in [0.25, 0.3) is 0 Å². The molecule has 1 fully saturated rings. The van der Waals surface area contributed by atoms with Crippen LogP contribution in [0.2, 0.25) is 0 Å². The fraction of sp³-hybridized carbons (Fsp3) is 0.435. The number of hydrogen-bond acceptors (Lipinski definition) is 6. The molecule has 0 unspecified atom stereocenters. The van der Waals surface area contributed by atoms with E-state index in [0.29, 0.717) is 18.6 Å². The Morgan fingerprint density at radius 3 is 2.79 bits per heavy atom. The van der Waals surface area contributed by atoms with Crippen LogP contribution in [0.1, 0.15) is 25.7 Å². The molecule has 0 spiro atoms. The van der Waals surface area contributed by atoms with Gasteiger partial charge < -0.3 is 19.7 Å². The van der Waals surface area contributed by atoms with E-state index in [0.717, 1.165) is 0 Å². The van der Waals surface area contributed by atoms with Crippen LogP contribution in [0.3, 0.4) is 0 Å². The van der Waals surface area contributed by atoms with Crippen molar-refractivity contribution in [2.24, 2.45) is 11.8 Å². The number of ether oxygens (including phenoxy) is 2. The second-order valence-electron chi connectivity index (χ2n) is 6.92. The summed E-state index contributed by atoms with van der Waals surface area (Å²) in [7, 11) is 1.34. The number of para-hydroxylation sites is 1. The van der Waals surface area contributed by atoms with Crippen molar-refractivity contribution in [3.8, 4) is 5.75 Å². The highest BCUT2D eigenvalue weighted by Crippen LogP contribution is 2.33. The Labute approximate surface area is 171 Å². The summed E-state index contributed by atoms with van der Waals surface area (Å²) in [5.41, 5.74) is 2.97. The molecule has 1 aliphatic carbocycles. The minimum Gasteiger partial charge on any atom is -0.491 e. The Kier molecular flexibility index (Phi) is 9.38. The molecule has 29 heavy (non-hydrogen) atoms. The minimum atomic E-state index is -0.840. The number of allylic oxidation sites excluding steroid dienone is 1. The molecular weight excluding hydrogens is 372 g/mol. The standard InChI is InChI=1S/C23H28O6/c1-28-23(27)12-8-3-2-7-11-19-20(22(26)15-21(19)25)14-13-17(24)16-29-18-9-5-4-6-10-18/h3-7,9-10,13-14,17,19-20,22,24,26H,8,11-12,15-16H2,1H3/b14-13-/t2?,17-,19+,20+,22+/m1/s1. The highest BCUT2D eigenvalue weighted by Gasteiger charge is 2.39. The van der Waals surface area contributed by atoms with E-state index in [-0.39, 0.29) is 43.0 Å². The van der Waals surface area contributed by atoms with Crippen LogP contribution in [0.5, 0.6) is 5.75 Å². The van der Waals surface area contributed by atoms with Crippen molar-refractivity contribution >= 4 is 11.8 Å². The van der Waals surface area contributed by atoms with Crippen molar-refractivity contribution in [2.45, 2.75) is 37.9 Å². The summed E-state index contributed by atoms with van der Waals surface area (Å²) in [6.45, 7) is 0.0881. The molecule has 1 saturated carbocycles. The van der Waals surface area contributed by atoms with Crippen molar-refractivity contribution in [3.63, 3.8) is 0 Å². The molecule has 4 atom stereocenters. The number of esters is 1. The van der Waals surface area contributed by atoms with Crippen molar-refractivity contribution < 1.29 is 29.3 Å². The van der Waals surface area contributed by atoms with Crippen molar-refractivity contribution in [1.29, 1.82) is 0 Å². The van der Waals surface area contributed by atoms with Crippen molar-refractivity contribution in [1.82, 2.24) is 0 Å². The molecule has 2 rings (SSSR count). The van der Waals surface area contributed by atoms with E-state index in [2.05, 4.69) is 10.5 Å². The number of hydrogen-bond donors (Lipinski definition) is 2. The van der Waals surface area contributed by atoms with Gasteiger partial charge in [-0.15, -0.1) is 5.73 Å². The third kappa shape index (κ3) is 7.70. The minimum absolute atomic E-state index is 0.00483. The molecule has 2 N–H and O–H groups in total. The van der Waals surface area contributed by atoms with Gasteiger partial charge in [0.15, 0.2) is 0 Å². The Bertz CT molecular complexity index is 748. The first kappa shape index (κ1) is 22.6. The number of methoxy groups -OCH3 is 1. The number of rotatable bonds is 10. The van der Waals surface area contributed by atoms with Crippen LogP contribution in [0.15, 0.2) is 60.4 Å². The van der Waals surface area contributed by atoms with E-state index in [1.165, 1.54) is 7.11 Å². The predicted octanol–water partition coefficient (Wildman–Crippen LogP) is 2.60. The topological polar surface area (TPSA) is 93.1 Å². The van der Waals surface area contributed by atoms with Crippen LogP contribution in [0.25, 0.3) is 0 Å². The highest BCUT2D eigenvalue weighted by molar-refractivity contribution is 5.84. The van der Waals surface area contributed by atoms with Crippen LogP contribution < -0.4 is 4.74 Å². The second kappa shape index (κ2) is 12.0. The number of aliphatic hydroxyl groups excluding tert-OH is 2. The Morgan fingerprint density at radius 1 is 1.31 bits per heavy atom. The zero-order valence-corrected chi connectivity index (χ0v) is 16.6. The molecule has 0 heterocycles. The van der Waals surface area contributed by atoms with E-state index in [1.54, 1.807) is 36.4 Å². The average molecular weight is 400 g/mol. The Morgan fingerprint density at radius 2 is 2.07 bits per heavy atom. The molecule has 0 bridgehead atoms. The summed E-state index contributed by atoms with van der Waals surface area (Å²) < 4.78 is 10.1. The molecule has 156 valence electrons. The Balaban J connectivity index is 1.86.